The van der Waals surface area contributed by atoms with Crippen LogP contribution in [0.2, 0.25) is 0 Å². The van der Waals surface area contributed by atoms with E-state index < -0.39 is 0 Å². The van der Waals surface area contributed by atoms with Gasteiger partial charge < -0.3 is 15.4 Å². The van der Waals surface area contributed by atoms with Gasteiger partial charge in [-0.25, -0.2) is 4.98 Å². The van der Waals surface area contributed by atoms with E-state index in [-0.39, 0.29) is 5.41 Å². The summed E-state index contributed by atoms with van der Waals surface area (Å²) >= 11 is 0. The highest BCUT2D eigenvalue weighted by Crippen LogP contribution is 2.24. The molecule has 2 aromatic carbocycles. The molecule has 1 heterocycles. The number of aromatic nitrogens is 2. The maximum atomic E-state index is 5.18. The van der Waals surface area contributed by atoms with Crippen LogP contribution in [0.4, 0.5) is 17.5 Å². The summed E-state index contributed by atoms with van der Waals surface area (Å²) in [6, 6.07) is 18.2. The first-order valence-electron chi connectivity index (χ1n) is 9.01. The number of rotatable bonds is 6. The molecule has 27 heavy (non-hydrogen) atoms. The van der Waals surface area contributed by atoms with Crippen molar-refractivity contribution >= 4 is 17.5 Å². The second kappa shape index (κ2) is 8.08. The molecule has 0 amide bonds. The molecule has 5 nitrogen and oxygen atoms in total. The van der Waals surface area contributed by atoms with Gasteiger partial charge in [-0.15, -0.1) is 0 Å². The second-order valence-corrected chi connectivity index (χ2v) is 7.42. The van der Waals surface area contributed by atoms with Gasteiger partial charge >= 0.3 is 0 Å². The second-order valence-electron chi connectivity index (χ2n) is 7.42. The fraction of sp³-hybridized carbons (Fsp3) is 0.273. The lowest BCUT2D eigenvalue weighted by molar-refractivity contribution is 0.414. The molecule has 0 fully saturated rings. The summed E-state index contributed by atoms with van der Waals surface area (Å²) in [4.78, 5) is 8.82. The van der Waals surface area contributed by atoms with Gasteiger partial charge in [0.2, 0.25) is 5.95 Å². The third-order valence-electron chi connectivity index (χ3n) is 4.29. The van der Waals surface area contributed by atoms with E-state index in [9.17, 15) is 0 Å². The lowest BCUT2D eigenvalue weighted by Gasteiger charge is -2.19. The molecule has 0 aliphatic rings. The van der Waals surface area contributed by atoms with Crippen molar-refractivity contribution in [3.63, 3.8) is 0 Å². The lowest BCUT2D eigenvalue weighted by Crippen LogP contribution is -2.10. The molecule has 0 aliphatic carbocycles. The zero-order chi connectivity index (χ0) is 19.3. The number of methoxy groups -OCH3 is 1. The van der Waals surface area contributed by atoms with Gasteiger partial charge in [-0.3, -0.25) is 0 Å². The highest BCUT2D eigenvalue weighted by atomic mass is 16.5. The zero-order valence-electron chi connectivity index (χ0n) is 16.3. The molecule has 0 bridgehead atoms. The predicted octanol–water partition coefficient (Wildman–Crippen LogP) is 5.14. The molecule has 2 N–H and O–H groups in total. The summed E-state index contributed by atoms with van der Waals surface area (Å²) in [5, 5.41) is 6.58. The van der Waals surface area contributed by atoms with Gasteiger partial charge in [-0.1, -0.05) is 45.0 Å². The van der Waals surface area contributed by atoms with E-state index in [1.165, 1.54) is 5.56 Å². The minimum Gasteiger partial charge on any atom is -0.497 e. The number of anilines is 3. The number of nitrogens with zero attached hydrogens (tertiary/aromatic N) is 2. The largest absolute Gasteiger partial charge is 0.497 e. The van der Waals surface area contributed by atoms with Crippen molar-refractivity contribution in [2.45, 2.75) is 32.7 Å². The number of benzene rings is 2. The predicted molar refractivity (Wildman–Crippen MR) is 111 cm³/mol. The highest BCUT2D eigenvalue weighted by molar-refractivity contribution is 5.57. The Morgan fingerprint density at radius 3 is 2.26 bits per heavy atom. The first-order chi connectivity index (χ1) is 12.9. The fourth-order valence-corrected chi connectivity index (χ4v) is 2.64. The van der Waals surface area contributed by atoms with Crippen LogP contribution in [-0.2, 0) is 12.0 Å². The smallest absolute Gasteiger partial charge is 0.224 e. The molecule has 0 radical (unpaired) electrons. The lowest BCUT2D eigenvalue weighted by atomic mass is 9.87. The van der Waals surface area contributed by atoms with Gasteiger partial charge in [0.1, 0.15) is 11.6 Å². The summed E-state index contributed by atoms with van der Waals surface area (Å²) < 4.78 is 5.18. The number of ether oxygens (including phenoxy) is 1. The molecule has 1 aromatic heterocycles. The number of nitrogens with one attached hydrogen (secondary N) is 2. The van der Waals surface area contributed by atoms with Gasteiger partial charge in [0.25, 0.3) is 0 Å². The monoisotopic (exact) mass is 362 g/mol. The summed E-state index contributed by atoms with van der Waals surface area (Å²) in [5.74, 6) is 2.19. The van der Waals surface area contributed by atoms with Crippen LogP contribution < -0.4 is 15.4 Å². The Kier molecular flexibility index (Phi) is 5.60. The Hall–Kier alpha value is -3.08. The quantitative estimate of drug-likeness (QED) is 0.636. The van der Waals surface area contributed by atoms with Crippen LogP contribution in [0.5, 0.6) is 5.75 Å². The van der Waals surface area contributed by atoms with Crippen LogP contribution in [0.15, 0.2) is 60.8 Å². The fourth-order valence-electron chi connectivity index (χ4n) is 2.64. The van der Waals surface area contributed by atoms with Crippen LogP contribution in [-0.4, -0.2) is 17.1 Å². The average molecular weight is 362 g/mol. The molecular formula is C22H26N4O. The van der Waals surface area contributed by atoms with E-state index in [0.717, 1.165) is 22.8 Å². The Labute approximate surface area is 160 Å². The minimum absolute atomic E-state index is 0.145. The molecule has 0 aliphatic heterocycles. The van der Waals surface area contributed by atoms with Crippen molar-refractivity contribution in [1.29, 1.82) is 0 Å². The van der Waals surface area contributed by atoms with Crippen LogP contribution in [0.25, 0.3) is 0 Å². The van der Waals surface area contributed by atoms with Crippen LogP contribution >= 0.6 is 0 Å². The van der Waals surface area contributed by atoms with Gasteiger partial charge in [-0.2, -0.15) is 4.98 Å². The van der Waals surface area contributed by atoms with Crippen LogP contribution in [0, 0.1) is 0 Å². The van der Waals surface area contributed by atoms with Gasteiger partial charge in [0.05, 0.1) is 7.11 Å². The molecule has 140 valence electrons. The highest BCUT2D eigenvalue weighted by Gasteiger charge is 2.12. The molecule has 0 saturated heterocycles. The average Bonchev–Trinajstić information content (AvgIpc) is 2.67. The van der Waals surface area contributed by atoms with Crippen molar-refractivity contribution in [2.24, 2.45) is 0 Å². The normalized spacial score (nSPS) is 11.1. The Bertz CT molecular complexity index is 868. The van der Waals surface area contributed by atoms with Crippen molar-refractivity contribution in [3.8, 4) is 5.75 Å². The Morgan fingerprint density at radius 2 is 1.63 bits per heavy atom. The van der Waals surface area contributed by atoms with Crippen molar-refractivity contribution in [1.82, 2.24) is 9.97 Å². The van der Waals surface area contributed by atoms with Crippen molar-refractivity contribution in [3.05, 3.63) is 71.9 Å². The van der Waals surface area contributed by atoms with Gasteiger partial charge in [0.15, 0.2) is 0 Å². The minimum atomic E-state index is 0.145. The van der Waals surface area contributed by atoms with Crippen molar-refractivity contribution in [2.75, 3.05) is 17.7 Å². The number of hydrogen-bond donors (Lipinski definition) is 2. The molecule has 0 atom stereocenters. The molecular weight excluding hydrogens is 336 g/mol. The van der Waals surface area contributed by atoms with Gasteiger partial charge in [-0.05, 0) is 46.9 Å². The van der Waals surface area contributed by atoms with E-state index >= 15 is 0 Å². The third-order valence-corrected chi connectivity index (χ3v) is 4.29. The van der Waals surface area contributed by atoms with E-state index in [1.807, 2.05) is 30.3 Å². The first-order valence-corrected chi connectivity index (χ1v) is 9.01. The zero-order valence-corrected chi connectivity index (χ0v) is 16.3. The van der Waals surface area contributed by atoms with E-state index in [4.69, 9.17) is 4.74 Å². The van der Waals surface area contributed by atoms with E-state index in [0.29, 0.717) is 12.5 Å². The Morgan fingerprint density at radius 1 is 0.926 bits per heavy atom. The summed E-state index contributed by atoms with van der Waals surface area (Å²) in [6.45, 7) is 7.27. The third kappa shape index (κ3) is 5.20. The summed E-state index contributed by atoms with van der Waals surface area (Å²) in [5.41, 5.74) is 3.59. The van der Waals surface area contributed by atoms with Crippen LogP contribution in [0.3, 0.4) is 0 Å². The molecule has 0 spiro atoms. The molecule has 3 aromatic rings. The van der Waals surface area contributed by atoms with E-state index in [1.54, 1.807) is 13.3 Å². The Balaban J connectivity index is 1.62. The maximum absolute atomic E-state index is 5.18. The van der Waals surface area contributed by atoms with Crippen LogP contribution in [0.1, 0.15) is 31.9 Å². The topological polar surface area (TPSA) is 59.1 Å². The summed E-state index contributed by atoms with van der Waals surface area (Å²) in [6.07, 6.45) is 1.75. The number of hydrogen-bond acceptors (Lipinski definition) is 5. The molecule has 0 unspecified atom stereocenters. The molecule has 3 rings (SSSR count). The standard InChI is InChI=1S/C22H26N4O/c1-22(2,3)17-7-9-18(10-8-17)25-20-13-14-23-21(26-20)24-15-16-5-11-19(27-4)12-6-16/h5-14H,15H2,1-4H3,(H2,23,24,25,26). The molecule has 0 saturated carbocycles. The SMILES string of the molecule is COc1ccc(CNc2nccc(Nc3ccc(C(C)(C)C)cc3)n2)cc1. The van der Waals surface area contributed by atoms with Crippen molar-refractivity contribution < 1.29 is 4.74 Å². The molecule has 5 heteroatoms. The van der Waals surface area contributed by atoms with Gasteiger partial charge in [0, 0.05) is 18.4 Å². The van der Waals surface area contributed by atoms with E-state index in [2.05, 4.69) is 65.6 Å². The maximum Gasteiger partial charge on any atom is 0.224 e. The first kappa shape index (κ1) is 18.7. The summed E-state index contributed by atoms with van der Waals surface area (Å²) in [7, 11) is 1.66.